The number of hydrogen-bond acceptors (Lipinski definition) is 6. The molecule has 210 valence electrons. The van der Waals surface area contributed by atoms with Crippen molar-refractivity contribution < 1.29 is 9.53 Å². The third-order valence-electron chi connectivity index (χ3n) is 6.70. The van der Waals surface area contributed by atoms with Crippen LogP contribution >= 0.6 is 12.6 Å². The lowest BCUT2D eigenvalue weighted by atomic mass is 9.91. The molecule has 1 fully saturated rings. The van der Waals surface area contributed by atoms with Gasteiger partial charge in [-0.15, -0.1) is 12.6 Å². The molecule has 38 heavy (non-hydrogen) atoms. The van der Waals surface area contributed by atoms with Crippen molar-refractivity contribution in [3.63, 3.8) is 0 Å². The molecule has 5 nitrogen and oxygen atoms in total. The third kappa shape index (κ3) is 11.7. The Balaban J connectivity index is 0.000000433. The number of nitrogens with two attached hydrogens (primary N) is 1. The van der Waals surface area contributed by atoms with Crippen LogP contribution in [0.5, 0.6) is 0 Å². The van der Waals surface area contributed by atoms with Crippen molar-refractivity contribution in [3.05, 3.63) is 77.4 Å². The summed E-state index contributed by atoms with van der Waals surface area (Å²) >= 11 is 4.35. The summed E-state index contributed by atoms with van der Waals surface area (Å²) in [5.41, 5.74) is 11.7. The molecule has 2 aliphatic heterocycles. The normalized spacial score (nSPS) is 16.7. The zero-order valence-corrected chi connectivity index (χ0v) is 24.8. The summed E-state index contributed by atoms with van der Waals surface area (Å²) in [7, 11) is 3.51. The van der Waals surface area contributed by atoms with Gasteiger partial charge in [0.15, 0.2) is 0 Å². The van der Waals surface area contributed by atoms with Gasteiger partial charge in [0.25, 0.3) is 0 Å². The molecule has 0 bridgehead atoms. The number of carbonyl (C=O) groups excluding carboxylic acids is 1. The molecule has 0 radical (unpaired) electrons. The summed E-state index contributed by atoms with van der Waals surface area (Å²) in [6.45, 7) is 11.2. The Morgan fingerprint density at radius 3 is 2.11 bits per heavy atom. The highest BCUT2D eigenvalue weighted by Gasteiger charge is 2.18. The highest BCUT2D eigenvalue weighted by Crippen LogP contribution is 2.28. The Morgan fingerprint density at radius 2 is 1.55 bits per heavy atom. The first kappa shape index (κ1) is 33.8. The average molecular weight is 540 g/mol. The highest BCUT2D eigenvalue weighted by atomic mass is 32.1. The minimum absolute atomic E-state index is 0.712. The number of benzene rings is 2. The van der Waals surface area contributed by atoms with E-state index in [9.17, 15) is 0 Å². The summed E-state index contributed by atoms with van der Waals surface area (Å²) in [5, 5.41) is 3.22. The van der Waals surface area contributed by atoms with Gasteiger partial charge >= 0.3 is 0 Å². The van der Waals surface area contributed by atoms with Gasteiger partial charge in [-0.05, 0) is 80.6 Å². The zero-order chi connectivity index (χ0) is 28.2. The van der Waals surface area contributed by atoms with Gasteiger partial charge in [-0.1, -0.05) is 68.0 Å². The van der Waals surface area contributed by atoms with Crippen LogP contribution in [-0.4, -0.2) is 58.1 Å². The molecule has 3 aliphatic rings. The first-order valence-electron chi connectivity index (χ1n) is 13.8. The molecule has 0 amide bonds. The molecule has 1 saturated heterocycles. The smallest absolute Gasteiger partial charge is 0.106 e. The van der Waals surface area contributed by atoms with E-state index in [1.54, 1.807) is 11.1 Å². The SMILES string of the molecule is C=O.CC.CN.CNC1CCOCC1.Sc1ccc(-c2ccc(CN3CCC4=C(C=CCC4)C3)cc2)cc1. The van der Waals surface area contributed by atoms with Gasteiger partial charge in [-0.3, -0.25) is 4.90 Å². The first-order valence-corrected chi connectivity index (χ1v) is 14.3. The summed E-state index contributed by atoms with van der Waals surface area (Å²) in [6, 6.07) is 18.1. The Bertz CT molecular complexity index is 936. The van der Waals surface area contributed by atoms with Crippen LogP contribution in [0.2, 0.25) is 0 Å². The van der Waals surface area contributed by atoms with Gasteiger partial charge in [0, 0.05) is 43.8 Å². The number of nitrogens with zero attached hydrogens (tertiary/aromatic N) is 1. The number of rotatable bonds is 4. The van der Waals surface area contributed by atoms with Gasteiger partial charge in [0.2, 0.25) is 0 Å². The molecule has 0 saturated carbocycles. The van der Waals surface area contributed by atoms with Crippen LogP contribution in [0.3, 0.4) is 0 Å². The van der Waals surface area contributed by atoms with Gasteiger partial charge in [0.1, 0.15) is 6.79 Å². The monoisotopic (exact) mass is 539 g/mol. The van der Waals surface area contributed by atoms with Gasteiger partial charge < -0.3 is 20.6 Å². The van der Waals surface area contributed by atoms with E-state index in [1.165, 1.54) is 62.4 Å². The molecule has 2 aromatic carbocycles. The van der Waals surface area contributed by atoms with Crippen molar-refractivity contribution in [1.82, 2.24) is 10.2 Å². The fraction of sp³-hybridized carbons (Fsp3) is 0.469. The lowest BCUT2D eigenvalue weighted by Crippen LogP contribution is -2.31. The first-order chi connectivity index (χ1) is 18.7. The number of hydrogen-bond donors (Lipinski definition) is 3. The minimum atomic E-state index is 0.712. The molecular weight excluding hydrogens is 490 g/mol. The molecule has 2 heterocycles. The Labute approximate surface area is 236 Å². The minimum Gasteiger partial charge on any atom is -0.381 e. The van der Waals surface area contributed by atoms with E-state index in [4.69, 9.17) is 9.53 Å². The number of thiol groups is 1. The number of ether oxygens (including phenoxy) is 1. The lowest BCUT2D eigenvalue weighted by molar-refractivity contribution is -0.0980. The fourth-order valence-corrected chi connectivity index (χ4v) is 4.81. The molecule has 1 aliphatic carbocycles. The van der Waals surface area contributed by atoms with Gasteiger partial charge in [-0.2, -0.15) is 0 Å². The third-order valence-corrected chi connectivity index (χ3v) is 7.00. The van der Waals surface area contributed by atoms with Crippen molar-refractivity contribution in [2.75, 3.05) is 40.4 Å². The zero-order valence-electron chi connectivity index (χ0n) is 23.9. The van der Waals surface area contributed by atoms with Crippen LogP contribution in [0, 0.1) is 0 Å². The quantitative estimate of drug-likeness (QED) is 0.398. The summed E-state index contributed by atoms with van der Waals surface area (Å²) in [4.78, 5) is 11.6. The largest absolute Gasteiger partial charge is 0.381 e. The maximum atomic E-state index is 8.00. The summed E-state index contributed by atoms with van der Waals surface area (Å²) in [5.74, 6) is 0. The highest BCUT2D eigenvalue weighted by molar-refractivity contribution is 7.80. The Kier molecular flexibility index (Phi) is 18.4. The molecule has 0 unspecified atom stereocenters. The predicted molar refractivity (Wildman–Crippen MR) is 166 cm³/mol. The average Bonchev–Trinajstić information content (AvgIpc) is 3.02. The molecule has 3 N–H and O–H groups in total. The maximum absolute atomic E-state index is 8.00. The van der Waals surface area contributed by atoms with Crippen LogP contribution in [0.4, 0.5) is 0 Å². The van der Waals surface area contributed by atoms with Crippen LogP contribution in [-0.2, 0) is 16.1 Å². The number of allylic oxidation sites excluding steroid dienone is 1. The second kappa shape index (κ2) is 20.7. The van der Waals surface area contributed by atoms with Gasteiger partial charge in [-0.25, -0.2) is 0 Å². The van der Waals surface area contributed by atoms with E-state index < -0.39 is 0 Å². The van der Waals surface area contributed by atoms with Gasteiger partial charge in [0.05, 0.1) is 0 Å². The topological polar surface area (TPSA) is 67.6 Å². The molecule has 5 rings (SSSR count). The van der Waals surface area contributed by atoms with Crippen LogP contribution in [0.25, 0.3) is 11.1 Å². The van der Waals surface area contributed by atoms with E-state index >= 15 is 0 Å². The van der Waals surface area contributed by atoms with E-state index in [2.05, 4.69) is 77.1 Å². The molecule has 0 spiro atoms. The Morgan fingerprint density at radius 1 is 0.974 bits per heavy atom. The molecule has 2 aromatic rings. The van der Waals surface area contributed by atoms with Crippen LogP contribution in [0.1, 0.15) is 51.5 Å². The predicted octanol–water partition coefficient (Wildman–Crippen LogP) is 6.30. The molecular formula is C32H49N3O2S. The van der Waals surface area contributed by atoms with Crippen molar-refractivity contribution in [2.45, 2.75) is 63.4 Å². The Hall–Kier alpha value is -2.22. The second-order valence-electron chi connectivity index (χ2n) is 8.95. The maximum Gasteiger partial charge on any atom is 0.106 e. The van der Waals surface area contributed by atoms with E-state index in [-0.39, 0.29) is 0 Å². The second-order valence-corrected chi connectivity index (χ2v) is 9.47. The van der Waals surface area contributed by atoms with E-state index in [1.807, 2.05) is 39.8 Å². The fourth-order valence-electron chi connectivity index (χ4n) is 4.66. The number of carbonyl (C=O) groups is 1. The van der Waals surface area contributed by atoms with Crippen molar-refractivity contribution in [3.8, 4) is 11.1 Å². The van der Waals surface area contributed by atoms with Crippen molar-refractivity contribution in [1.29, 1.82) is 0 Å². The van der Waals surface area contributed by atoms with Crippen LogP contribution in [0.15, 0.2) is 76.7 Å². The van der Waals surface area contributed by atoms with E-state index in [0.29, 0.717) is 6.04 Å². The molecule has 0 atom stereocenters. The van der Waals surface area contributed by atoms with E-state index in [0.717, 1.165) is 31.2 Å². The van der Waals surface area contributed by atoms with Crippen molar-refractivity contribution in [2.24, 2.45) is 5.73 Å². The molecule has 6 heteroatoms. The standard InChI is InChI=1S/C22H23NS.C6H13NO.C2H6.CH5N.CH2O/c24-22-11-9-20(10-12-22)19-7-5-17(6-8-19)15-23-14-13-18-3-1-2-4-21(18)16-23;1-7-6-2-4-8-5-3-6;3*1-2/h2,4-12,24H,1,3,13-16H2;6-7H,2-5H2,1H3;1-2H3;2H2,1H3;1H2. The van der Waals surface area contributed by atoms with Crippen molar-refractivity contribution >= 4 is 19.4 Å². The summed E-state index contributed by atoms with van der Waals surface area (Å²) < 4.78 is 5.16. The lowest BCUT2D eigenvalue weighted by Gasteiger charge is -2.31. The number of nitrogens with one attached hydrogen (secondary N) is 1. The summed E-state index contributed by atoms with van der Waals surface area (Å²) in [6.07, 6.45) is 10.8. The van der Waals surface area contributed by atoms with Crippen LogP contribution < -0.4 is 11.1 Å². The molecule has 0 aromatic heterocycles.